The molecule has 0 bridgehead atoms. The number of nitrogens with zero attached hydrogens (tertiary/aromatic N) is 4. The number of amides is 2. The van der Waals surface area contributed by atoms with Crippen molar-refractivity contribution < 1.29 is 4.79 Å². The molecule has 0 radical (unpaired) electrons. The molecule has 2 aliphatic rings. The number of carbonyl (C=O) groups is 1. The summed E-state index contributed by atoms with van der Waals surface area (Å²) in [6.45, 7) is 5.48. The molecule has 2 N–H and O–H groups in total. The quantitative estimate of drug-likeness (QED) is 0.825. The minimum absolute atomic E-state index is 0.0607. The Kier molecular flexibility index (Phi) is 5.48. The van der Waals surface area contributed by atoms with Crippen molar-refractivity contribution in [2.45, 2.75) is 64.1 Å². The van der Waals surface area contributed by atoms with Crippen LogP contribution in [-0.4, -0.2) is 57.4 Å². The third-order valence-electron chi connectivity index (χ3n) is 5.05. The van der Waals surface area contributed by atoms with E-state index in [9.17, 15) is 4.79 Å². The number of aromatic nitrogens is 3. The van der Waals surface area contributed by atoms with Crippen LogP contribution in [0.1, 0.15) is 44.9 Å². The Balaban J connectivity index is 1.35. The molecule has 128 valence electrons. The van der Waals surface area contributed by atoms with Crippen LogP contribution in [0.25, 0.3) is 0 Å². The molecule has 1 aromatic heterocycles. The Bertz CT molecular complexity index is 510. The summed E-state index contributed by atoms with van der Waals surface area (Å²) in [5, 5.41) is 14.0. The highest BCUT2D eigenvalue weighted by Crippen LogP contribution is 2.26. The van der Waals surface area contributed by atoms with Gasteiger partial charge in [0.25, 0.3) is 0 Å². The molecule has 1 atom stereocenters. The number of urea groups is 1. The highest BCUT2D eigenvalue weighted by atomic mass is 16.2. The minimum atomic E-state index is -0.0607. The molecular formula is C16H28N6O. The number of carbonyl (C=O) groups excluding carboxylic acids is 1. The molecule has 2 amide bonds. The van der Waals surface area contributed by atoms with E-state index in [4.69, 9.17) is 0 Å². The van der Waals surface area contributed by atoms with E-state index >= 15 is 0 Å². The normalized spacial score (nSPS) is 22.6. The number of rotatable bonds is 6. The molecule has 0 spiro atoms. The van der Waals surface area contributed by atoms with Crippen molar-refractivity contribution in [1.82, 2.24) is 30.3 Å². The summed E-state index contributed by atoms with van der Waals surface area (Å²) in [5.41, 5.74) is 0. The van der Waals surface area contributed by atoms with Gasteiger partial charge in [-0.1, -0.05) is 19.8 Å². The van der Waals surface area contributed by atoms with E-state index in [1.165, 1.54) is 25.7 Å². The summed E-state index contributed by atoms with van der Waals surface area (Å²) in [6.07, 6.45) is 9.02. The lowest BCUT2D eigenvalue weighted by molar-refractivity contribution is 0.227. The van der Waals surface area contributed by atoms with E-state index in [1.807, 2.05) is 4.57 Å². The largest absolute Gasteiger partial charge is 0.336 e. The molecule has 3 rings (SSSR count). The van der Waals surface area contributed by atoms with Crippen molar-refractivity contribution in [1.29, 1.82) is 0 Å². The van der Waals surface area contributed by atoms with Crippen LogP contribution < -0.4 is 10.6 Å². The maximum Gasteiger partial charge on any atom is 0.315 e. The van der Waals surface area contributed by atoms with Gasteiger partial charge in [-0.15, -0.1) is 10.2 Å². The van der Waals surface area contributed by atoms with Gasteiger partial charge >= 0.3 is 6.03 Å². The Labute approximate surface area is 137 Å². The molecular weight excluding hydrogens is 292 g/mol. The second-order valence-electron chi connectivity index (χ2n) is 6.61. The third-order valence-corrected chi connectivity index (χ3v) is 5.05. The zero-order valence-electron chi connectivity index (χ0n) is 14.0. The van der Waals surface area contributed by atoms with Crippen LogP contribution in [0.15, 0.2) is 6.33 Å². The first-order valence-electron chi connectivity index (χ1n) is 8.91. The summed E-state index contributed by atoms with van der Waals surface area (Å²) >= 11 is 0. The zero-order valence-corrected chi connectivity index (χ0v) is 14.0. The van der Waals surface area contributed by atoms with E-state index in [-0.39, 0.29) is 12.1 Å². The van der Waals surface area contributed by atoms with Gasteiger partial charge in [-0.05, 0) is 19.3 Å². The molecule has 7 nitrogen and oxygen atoms in total. The number of hydrogen-bond acceptors (Lipinski definition) is 4. The molecule has 7 heteroatoms. The highest BCUT2D eigenvalue weighted by Gasteiger charge is 2.30. The van der Waals surface area contributed by atoms with E-state index in [0.717, 1.165) is 37.8 Å². The van der Waals surface area contributed by atoms with Crippen LogP contribution in [0.4, 0.5) is 4.79 Å². The second kappa shape index (κ2) is 7.77. The van der Waals surface area contributed by atoms with Crippen LogP contribution >= 0.6 is 0 Å². The van der Waals surface area contributed by atoms with Crippen molar-refractivity contribution >= 4 is 6.03 Å². The molecule has 1 unspecified atom stereocenters. The van der Waals surface area contributed by atoms with E-state index in [2.05, 4.69) is 32.7 Å². The highest BCUT2D eigenvalue weighted by molar-refractivity contribution is 5.74. The van der Waals surface area contributed by atoms with Crippen LogP contribution in [-0.2, 0) is 13.0 Å². The van der Waals surface area contributed by atoms with Crippen molar-refractivity contribution in [2.75, 3.05) is 19.6 Å². The first-order valence-corrected chi connectivity index (χ1v) is 8.91. The number of aryl methyl sites for hydroxylation is 1. The first-order chi connectivity index (χ1) is 11.3. The summed E-state index contributed by atoms with van der Waals surface area (Å²) in [7, 11) is 0. The fourth-order valence-electron chi connectivity index (χ4n) is 3.77. The predicted octanol–water partition coefficient (Wildman–Crippen LogP) is 1.16. The average molecular weight is 320 g/mol. The lowest BCUT2D eigenvalue weighted by Crippen LogP contribution is -2.44. The third kappa shape index (κ3) is 4.22. The average Bonchev–Trinajstić information content (AvgIpc) is 3.28. The van der Waals surface area contributed by atoms with Gasteiger partial charge in [-0.25, -0.2) is 4.79 Å². The summed E-state index contributed by atoms with van der Waals surface area (Å²) < 4.78 is 1.98. The molecule has 1 saturated carbocycles. The Morgan fingerprint density at radius 2 is 2.17 bits per heavy atom. The lowest BCUT2D eigenvalue weighted by atomic mass is 10.2. The molecule has 1 aliphatic heterocycles. The van der Waals surface area contributed by atoms with Gasteiger partial charge in [0.2, 0.25) is 0 Å². The van der Waals surface area contributed by atoms with Crippen LogP contribution in [0, 0.1) is 0 Å². The van der Waals surface area contributed by atoms with Gasteiger partial charge in [-0.3, -0.25) is 4.90 Å². The summed E-state index contributed by atoms with van der Waals surface area (Å²) in [4.78, 5) is 14.6. The smallest absolute Gasteiger partial charge is 0.315 e. The van der Waals surface area contributed by atoms with Crippen molar-refractivity contribution in [3.63, 3.8) is 0 Å². The van der Waals surface area contributed by atoms with Crippen molar-refractivity contribution in [2.24, 2.45) is 0 Å². The monoisotopic (exact) mass is 320 g/mol. The number of hydrogen-bond donors (Lipinski definition) is 2. The lowest BCUT2D eigenvalue weighted by Gasteiger charge is -2.23. The van der Waals surface area contributed by atoms with Crippen LogP contribution in [0.2, 0.25) is 0 Å². The minimum Gasteiger partial charge on any atom is -0.336 e. The van der Waals surface area contributed by atoms with E-state index < -0.39 is 0 Å². The standard InChI is InChI=1S/C16H28N6O/c1-2-15-20-18-12-22(15)10-8-17-16(23)19-13-7-9-21(11-13)14-5-3-4-6-14/h12-14H,2-11H2,1H3,(H2,17,19,23). The molecule has 2 fully saturated rings. The van der Waals surface area contributed by atoms with Gasteiger partial charge < -0.3 is 15.2 Å². The SMILES string of the molecule is CCc1nncn1CCNC(=O)NC1CCN(C2CCCC2)C1. The van der Waals surface area contributed by atoms with Gasteiger partial charge in [0.1, 0.15) is 12.2 Å². The maximum atomic E-state index is 12.0. The molecule has 0 aromatic carbocycles. The molecule has 1 aromatic rings. The summed E-state index contributed by atoms with van der Waals surface area (Å²) in [6, 6.07) is 0.983. The van der Waals surface area contributed by atoms with Gasteiger partial charge in [0.05, 0.1) is 0 Å². The van der Waals surface area contributed by atoms with Crippen molar-refractivity contribution in [3.05, 3.63) is 12.2 Å². The fraction of sp³-hybridized carbons (Fsp3) is 0.812. The van der Waals surface area contributed by atoms with Gasteiger partial charge in [0, 0.05) is 44.7 Å². The second-order valence-corrected chi connectivity index (χ2v) is 6.61. The van der Waals surface area contributed by atoms with Crippen LogP contribution in [0.3, 0.4) is 0 Å². The Morgan fingerprint density at radius 1 is 1.35 bits per heavy atom. The zero-order chi connectivity index (χ0) is 16.1. The van der Waals surface area contributed by atoms with E-state index in [1.54, 1.807) is 6.33 Å². The van der Waals surface area contributed by atoms with E-state index in [0.29, 0.717) is 13.1 Å². The number of likely N-dealkylation sites (tertiary alicyclic amines) is 1. The summed E-state index contributed by atoms with van der Waals surface area (Å²) in [5.74, 6) is 0.954. The molecule has 1 aliphatic carbocycles. The molecule has 1 saturated heterocycles. The topological polar surface area (TPSA) is 75.1 Å². The first kappa shape index (κ1) is 16.2. The van der Waals surface area contributed by atoms with Crippen LogP contribution in [0.5, 0.6) is 0 Å². The van der Waals surface area contributed by atoms with Gasteiger partial charge in [-0.2, -0.15) is 0 Å². The Morgan fingerprint density at radius 3 is 2.96 bits per heavy atom. The fourth-order valence-corrected chi connectivity index (χ4v) is 3.77. The number of nitrogens with one attached hydrogen (secondary N) is 2. The molecule has 2 heterocycles. The predicted molar refractivity (Wildman–Crippen MR) is 88.2 cm³/mol. The Hall–Kier alpha value is -1.63. The maximum absolute atomic E-state index is 12.0. The van der Waals surface area contributed by atoms with Gasteiger partial charge in [0.15, 0.2) is 0 Å². The molecule has 23 heavy (non-hydrogen) atoms. The van der Waals surface area contributed by atoms with Crippen molar-refractivity contribution in [3.8, 4) is 0 Å².